The first-order valence-electron chi connectivity index (χ1n) is 8.40. The van der Waals surface area contributed by atoms with E-state index in [1.165, 1.54) is 30.1 Å². The Morgan fingerprint density at radius 2 is 1.80 bits per heavy atom. The summed E-state index contributed by atoms with van der Waals surface area (Å²) >= 11 is 5.93. The molecule has 0 saturated heterocycles. The molecule has 0 fully saturated rings. The molecule has 154 valence electrons. The zero-order valence-electron chi connectivity index (χ0n) is 15.5. The number of aryl methyl sites for hydroxylation is 1. The van der Waals surface area contributed by atoms with Gasteiger partial charge in [0.2, 0.25) is 11.2 Å². The molecule has 0 unspecified atom stereocenters. The Kier molecular flexibility index (Phi) is 4.90. The van der Waals surface area contributed by atoms with Gasteiger partial charge in [0, 0.05) is 29.1 Å². The molecule has 0 N–H and O–H groups in total. The first-order chi connectivity index (χ1) is 14.3. The van der Waals surface area contributed by atoms with Crippen LogP contribution in [0.2, 0.25) is 5.28 Å². The Hall–Kier alpha value is -3.47. The highest BCUT2D eigenvalue weighted by Gasteiger charge is 2.31. The molecule has 0 bridgehead atoms. The average molecular weight is 437 g/mol. The molecular weight excluding hydrogens is 425 g/mol. The second-order valence-electron chi connectivity index (χ2n) is 6.14. The number of hydrogen-bond acceptors (Lipinski definition) is 7. The summed E-state index contributed by atoms with van der Waals surface area (Å²) in [6.45, 7) is 1.68. The van der Waals surface area contributed by atoms with E-state index in [2.05, 4.69) is 25.3 Å². The maximum absolute atomic E-state index is 13.3. The van der Waals surface area contributed by atoms with Crippen molar-refractivity contribution >= 4 is 17.2 Å². The molecule has 4 aromatic rings. The van der Waals surface area contributed by atoms with E-state index in [-0.39, 0.29) is 22.9 Å². The van der Waals surface area contributed by atoms with E-state index >= 15 is 0 Å². The van der Waals surface area contributed by atoms with Gasteiger partial charge in [-0.15, -0.1) is 15.3 Å². The number of methoxy groups -OCH3 is 1. The SMILES string of the molecule is COc1ncc(-c2ccc(C(F)(F)F)cc2Oc2nn3c(Cl)nnc3cc2C)cn1. The van der Waals surface area contributed by atoms with Crippen LogP contribution in [0, 0.1) is 6.92 Å². The van der Waals surface area contributed by atoms with E-state index < -0.39 is 11.7 Å². The number of nitrogens with zero attached hydrogens (tertiary/aromatic N) is 6. The van der Waals surface area contributed by atoms with Crippen molar-refractivity contribution in [2.45, 2.75) is 13.1 Å². The third-order valence-corrected chi connectivity index (χ3v) is 4.37. The number of rotatable bonds is 4. The Balaban J connectivity index is 1.83. The Morgan fingerprint density at radius 3 is 2.47 bits per heavy atom. The van der Waals surface area contributed by atoms with E-state index in [0.29, 0.717) is 22.3 Å². The van der Waals surface area contributed by atoms with Crippen molar-refractivity contribution in [2.24, 2.45) is 0 Å². The van der Waals surface area contributed by atoms with Gasteiger partial charge in [0.15, 0.2) is 5.65 Å². The molecule has 1 aromatic carbocycles. The fourth-order valence-corrected chi connectivity index (χ4v) is 2.83. The molecule has 30 heavy (non-hydrogen) atoms. The molecule has 0 aliphatic heterocycles. The number of benzene rings is 1. The van der Waals surface area contributed by atoms with Gasteiger partial charge in [0.1, 0.15) is 5.75 Å². The van der Waals surface area contributed by atoms with Crippen LogP contribution in [-0.4, -0.2) is 36.9 Å². The lowest BCUT2D eigenvalue weighted by atomic mass is 10.0. The highest BCUT2D eigenvalue weighted by Crippen LogP contribution is 2.39. The largest absolute Gasteiger partial charge is 0.467 e. The van der Waals surface area contributed by atoms with E-state index in [0.717, 1.165) is 12.1 Å². The quantitative estimate of drug-likeness (QED) is 0.469. The molecule has 3 heterocycles. The van der Waals surface area contributed by atoms with E-state index in [1.54, 1.807) is 13.0 Å². The molecule has 0 aliphatic carbocycles. The van der Waals surface area contributed by atoms with Crippen LogP contribution in [0.4, 0.5) is 13.2 Å². The Morgan fingerprint density at radius 1 is 1.07 bits per heavy atom. The molecule has 12 heteroatoms. The summed E-state index contributed by atoms with van der Waals surface area (Å²) in [5.74, 6) is -0.0445. The number of hydrogen-bond donors (Lipinski definition) is 0. The fourth-order valence-electron chi connectivity index (χ4n) is 2.67. The van der Waals surface area contributed by atoms with Crippen LogP contribution in [-0.2, 0) is 6.18 Å². The van der Waals surface area contributed by atoms with Gasteiger partial charge in [0.25, 0.3) is 0 Å². The molecule has 0 radical (unpaired) electrons. The van der Waals surface area contributed by atoms with Crippen LogP contribution in [0.25, 0.3) is 16.8 Å². The lowest BCUT2D eigenvalue weighted by molar-refractivity contribution is -0.137. The number of alkyl halides is 3. The van der Waals surface area contributed by atoms with Gasteiger partial charge in [-0.1, -0.05) is 0 Å². The summed E-state index contributed by atoms with van der Waals surface area (Å²) in [6.07, 6.45) is -1.72. The summed E-state index contributed by atoms with van der Waals surface area (Å²) in [5, 5.41) is 11.7. The van der Waals surface area contributed by atoms with Crippen molar-refractivity contribution in [3.05, 3.63) is 53.1 Å². The predicted octanol–water partition coefficient (Wildman–Crippen LogP) is 4.36. The summed E-state index contributed by atoms with van der Waals surface area (Å²) in [6, 6.07) is 4.84. The van der Waals surface area contributed by atoms with Crippen LogP contribution in [0.15, 0.2) is 36.7 Å². The smallest absolute Gasteiger partial charge is 0.416 e. The third kappa shape index (κ3) is 3.71. The standard InChI is InChI=1S/C18H12ClF3N6O2/c1-9-5-14-25-26-16(19)28(14)27-15(9)30-13-6-11(18(20,21)22)3-4-12(13)10-7-23-17(29-2)24-8-10/h3-8H,1-2H3. The average Bonchev–Trinajstić information content (AvgIpc) is 3.07. The maximum Gasteiger partial charge on any atom is 0.416 e. The minimum Gasteiger partial charge on any atom is -0.467 e. The molecule has 0 amide bonds. The number of halogens is 4. The highest BCUT2D eigenvalue weighted by molar-refractivity contribution is 6.28. The predicted molar refractivity (Wildman–Crippen MR) is 99.6 cm³/mol. The van der Waals surface area contributed by atoms with Crippen LogP contribution in [0.1, 0.15) is 11.1 Å². The van der Waals surface area contributed by atoms with Gasteiger partial charge in [-0.3, -0.25) is 0 Å². The summed E-state index contributed by atoms with van der Waals surface area (Å²) < 4.78 is 51.8. The second kappa shape index (κ2) is 7.41. The van der Waals surface area contributed by atoms with Crippen LogP contribution < -0.4 is 9.47 Å². The highest BCUT2D eigenvalue weighted by atomic mass is 35.5. The van der Waals surface area contributed by atoms with Gasteiger partial charge in [-0.2, -0.15) is 17.7 Å². The lowest BCUT2D eigenvalue weighted by Crippen LogP contribution is -2.06. The molecular formula is C18H12ClF3N6O2. The van der Waals surface area contributed by atoms with Crippen molar-refractivity contribution < 1.29 is 22.6 Å². The molecule has 8 nitrogen and oxygen atoms in total. The number of ether oxygens (including phenoxy) is 2. The van der Waals surface area contributed by atoms with Crippen molar-refractivity contribution in [1.82, 2.24) is 29.8 Å². The van der Waals surface area contributed by atoms with Crippen LogP contribution in [0.5, 0.6) is 17.6 Å². The third-order valence-electron chi connectivity index (χ3n) is 4.14. The van der Waals surface area contributed by atoms with Gasteiger partial charge >= 0.3 is 12.2 Å². The van der Waals surface area contributed by atoms with E-state index in [9.17, 15) is 13.2 Å². The van der Waals surface area contributed by atoms with Gasteiger partial charge in [-0.05, 0) is 42.8 Å². The normalized spacial score (nSPS) is 11.7. The number of fused-ring (bicyclic) bond motifs is 1. The summed E-state index contributed by atoms with van der Waals surface area (Å²) in [4.78, 5) is 7.98. The minimum absolute atomic E-state index is 0.0114. The summed E-state index contributed by atoms with van der Waals surface area (Å²) in [5.41, 5.74) is 0.790. The van der Waals surface area contributed by atoms with Crippen molar-refractivity contribution in [3.63, 3.8) is 0 Å². The summed E-state index contributed by atoms with van der Waals surface area (Å²) in [7, 11) is 1.41. The van der Waals surface area contributed by atoms with Gasteiger partial charge < -0.3 is 9.47 Å². The Labute approximate surface area is 172 Å². The van der Waals surface area contributed by atoms with E-state index in [4.69, 9.17) is 21.1 Å². The maximum atomic E-state index is 13.3. The zero-order valence-corrected chi connectivity index (χ0v) is 16.2. The lowest BCUT2D eigenvalue weighted by Gasteiger charge is -2.15. The minimum atomic E-state index is -4.56. The second-order valence-corrected chi connectivity index (χ2v) is 6.48. The van der Waals surface area contributed by atoms with Crippen molar-refractivity contribution in [3.8, 4) is 28.8 Å². The van der Waals surface area contributed by atoms with Crippen molar-refractivity contribution in [1.29, 1.82) is 0 Å². The molecule has 4 rings (SSSR count). The molecule has 0 atom stereocenters. The van der Waals surface area contributed by atoms with E-state index in [1.807, 2.05) is 0 Å². The molecule has 0 aliphatic rings. The van der Waals surface area contributed by atoms with Gasteiger partial charge in [0.05, 0.1) is 12.7 Å². The fraction of sp³-hybridized carbons (Fsp3) is 0.167. The molecule has 0 spiro atoms. The Bertz CT molecular complexity index is 1230. The van der Waals surface area contributed by atoms with Crippen molar-refractivity contribution in [2.75, 3.05) is 7.11 Å². The first kappa shape index (κ1) is 19.8. The zero-order chi connectivity index (χ0) is 21.5. The van der Waals surface area contributed by atoms with Crippen LogP contribution >= 0.6 is 11.6 Å². The topological polar surface area (TPSA) is 87.3 Å². The molecule has 0 saturated carbocycles. The number of aromatic nitrogens is 6. The molecule has 3 aromatic heterocycles. The van der Waals surface area contributed by atoms with Crippen LogP contribution in [0.3, 0.4) is 0 Å². The van der Waals surface area contributed by atoms with Gasteiger partial charge in [-0.25, -0.2) is 9.97 Å². The first-order valence-corrected chi connectivity index (χ1v) is 8.78. The monoisotopic (exact) mass is 436 g/mol.